The fourth-order valence-corrected chi connectivity index (χ4v) is 1.68. The van der Waals surface area contributed by atoms with Crippen LogP contribution in [-0.2, 0) is 4.74 Å². The summed E-state index contributed by atoms with van der Waals surface area (Å²) in [5, 5.41) is 27.8. The van der Waals surface area contributed by atoms with E-state index in [1.807, 2.05) is 13.8 Å². The lowest BCUT2D eigenvalue weighted by atomic mass is 9.92. The highest BCUT2D eigenvalue weighted by atomic mass is 16.5. The minimum absolute atomic E-state index is 0.191. The van der Waals surface area contributed by atoms with E-state index in [1.54, 1.807) is 0 Å². The third kappa shape index (κ3) is 2.40. The zero-order chi connectivity index (χ0) is 10.0. The molecule has 0 bridgehead atoms. The van der Waals surface area contributed by atoms with Gasteiger partial charge in [-0.2, -0.15) is 0 Å². The van der Waals surface area contributed by atoms with E-state index in [0.29, 0.717) is 0 Å². The fourth-order valence-electron chi connectivity index (χ4n) is 1.68. The van der Waals surface area contributed by atoms with E-state index in [2.05, 4.69) is 0 Å². The summed E-state index contributed by atoms with van der Waals surface area (Å²) < 4.78 is 5.37. The molecule has 1 aliphatic rings. The highest BCUT2D eigenvalue weighted by Crippen LogP contribution is 2.24. The first-order chi connectivity index (χ1) is 6.06. The van der Waals surface area contributed by atoms with Crippen LogP contribution in [0.15, 0.2) is 0 Å². The Labute approximate surface area is 78.1 Å². The van der Waals surface area contributed by atoms with Crippen molar-refractivity contribution in [2.75, 3.05) is 6.61 Å². The maximum Gasteiger partial charge on any atom is 0.107 e. The largest absolute Gasteiger partial charge is 0.394 e. The summed E-state index contributed by atoms with van der Waals surface area (Å²) in [6, 6.07) is 0. The maximum atomic E-state index is 9.56. The predicted molar refractivity (Wildman–Crippen MR) is 47.2 cm³/mol. The quantitative estimate of drug-likeness (QED) is 0.550. The van der Waals surface area contributed by atoms with Gasteiger partial charge in [0.1, 0.15) is 6.10 Å². The summed E-state index contributed by atoms with van der Waals surface area (Å²) >= 11 is 0. The molecular formula is C9H18O4. The molecule has 1 fully saturated rings. The summed E-state index contributed by atoms with van der Waals surface area (Å²) in [7, 11) is 0. The van der Waals surface area contributed by atoms with Crippen LogP contribution in [0.3, 0.4) is 0 Å². The first-order valence-corrected chi connectivity index (χ1v) is 4.68. The number of rotatable bonds is 2. The third-order valence-electron chi connectivity index (χ3n) is 2.46. The molecule has 0 aliphatic carbocycles. The number of hydrogen-bond donors (Lipinski definition) is 3. The van der Waals surface area contributed by atoms with Crippen molar-refractivity contribution in [1.82, 2.24) is 0 Å². The Morgan fingerprint density at radius 3 is 2.38 bits per heavy atom. The summed E-state index contributed by atoms with van der Waals surface area (Å²) in [4.78, 5) is 0. The van der Waals surface area contributed by atoms with Gasteiger partial charge in [0.15, 0.2) is 0 Å². The molecular weight excluding hydrogens is 172 g/mol. The average molecular weight is 190 g/mol. The number of aliphatic hydroxyl groups is 3. The van der Waals surface area contributed by atoms with Gasteiger partial charge < -0.3 is 20.1 Å². The van der Waals surface area contributed by atoms with Crippen LogP contribution in [0.2, 0.25) is 0 Å². The van der Waals surface area contributed by atoms with Gasteiger partial charge in [-0.25, -0.2) is 0 Å². The molecule has 1 unspecified atom stereocenters. The Balaban J connectivity index is 2.58. The fraction of sp³-hybridized carbons (Fsp3) is 1.00. The van der Waals surface area contributed by atoms with Crippen molar-refractivity contribution in [2.24, 2.45) is 5.92 Å². The van der Waals surface area contributed by atoms with Crippen molar-refractivity contribution < 1.29 is 20.1 Å². The Morgan fingerprint density at radius 1 is 1.31 bits per heavy atom. The molecule has 3 N–H and O–H groups in total. The zero-order valence-electron chi connectivity index (χ0n) is 8.05. The van der Waals surface area contributed by atoms with Crippen molar-refractivity contribution in [2.45, 2.75) is 44.7 Å². The van der Waals surface area contributed by atoms with Gasteiger partial charge in [-0.15, -0.1) is 0 Å². The monoisotopic (exact) mass is 190 g/mol. The van der Waals surface area contributed by atoms with Crippen LogP contribution >= 0.6 is 0 Å². The molecule has 78 valence electrons. The van der Waals surface area contributed by atoms with E-state index in [1.165, 1.54) is 0 Å². The minimum Gasteiger partial charge on any atom is -0.394 e. The molecule has 4 heteroatoms. The SMILES string of the molecule is CC(C)[C@@H]1O[C@@H](CO)C(O)C[C@@H]1O. The molecule has 0 aromatic carbocycles. The summed E-state index contributed by atoms with van der Waals surface area (Å²) in [6.07, 6.45) is -1.92. The number of aliphatic hydroxyl groups excluding tert-OH is 3. The predicted octanol–water partition coefficient (Wildman–Crippen LogP) is -0.486. The second kappa shape index (κ2) is 4.37. The smallest absolute Gasteiger partial charge is 0.107 e. The lowest BCUT2D eigenvalue weighted by Crippen LogP contribution is -2.50. The van der Waals surface area contributed by atoms with Gasteiger partial charge in [-0.1, -0.05) is 13.8 Å². The van der Waals surface area contributed by atoms with Crippen LogP contribution in [0.4, 0.5) is 0 Å². The van der Waals surface area contributed by atoms with Gasteiger partial charge in [-0.3, -0.25) is 0 Å². The highest BCUT2D eigenvalue weighted by Gasteiger charge is 2.37. The molecule has 0 aromatic heterocycles. The van der Waals surface area contributed by atoms with Crippen LogP contribution in [0.5, 0.6) is 0 Å². The van der Waals surface area contributed by atoms with E-state index in [9.17, 15) is 10.2 Å². The first-order valence-electron chi connectivity index (χ1n) is 4.68. The van der Waals surface area contributed by atoms with Crippen molar-refractivity contribution in [3.8, 4) is 0 Å². The molecule has 4 nitrogen and oxygen atoms in total. The van der Waals surface area contributed by atoms with Gasteiger partial charge in [-0.05, 0) is 5.92 Å². The lowest BCUT2D eigenvalue weighted by Gasteiger charge is -2.38. The molecule has 1 heterocycles. The maximum absolute atomic E-state index is 9.56. The van der Waals surface area contributed by atoms with Crippen molar-refractivity contribution in [1.29, 1.82) is 0 Å². The molecule has 0 radical (unpaired) electrons. The third-order valence-corrected chi connectivity index (χ3v) is 2.46. The topological polar surface area (TPSA) is 69.9 Å². The molecule has 0 aromatic rings. The van der Waals surface area contributed by atoms with Gasteiger partial charge in [0.25, 0.3) is 0 Å². The molecule has 1 rings (SSSR count). The summed E-state index contributed by atoms with van der Waals surface area (Å²) in [5.41, 5.74) is 0. The standard InChI is InChI=1S/C9H18O4/c1-5(2)9-7(12)3-6(11)8(4-10)13-9/h5-12H,3-4H2,1-2H3/t6?,7-,8-,9-/m0/s1. The van der Waals surface area contributed by atoms with E-state index in [0.717, 1.165) is 0 Å². The molecule has 0 amide bonds. The molecule has 13 heavy (non-hydrogen) atoms. The van der Waals surface area contributed by atoms with Gasteiger partial charge in [0, 0.05) is 6.42 Å². The van der Waals surface area contributed by atoms with Crippen molar-refractivity contribution in [3.05, 3.63) is 0 Å². The summed E-state index contributed by atoms with van der Waals surface area (Å²) in [6.45, 7) is 3.69. The van der Waals surface area contributed by atoms with Crippen LogP contribution in [0, 0.1) is 5.92 Å². The van der Waals surface area contributed by atoms with Crippen LogP contribution < -0.4 is 0 Å². The molecule has 0 saturated carbocycles. The van der Waals surface area contributed by atoms with Crippen LogP contribution in [-0.4, -0.2) is 46.3 Å². The van der Waals surface area contributed by atoms with Gasteiger partial charge >= 0.3 is 0 Å². The van der Waals surface area contributed by atoms with E-state index < -0.39 is 18.3 Å². The first kappa shape index (κ1) is 10.9. The highest BCUT2D eigenvalue weighted by molar-refractivity contribution is 4.85. The lowest BCUT2D eigenvalue weighted by molar-refractivity contribution is -0.191. The van der Waals surface area contributed by atoms with Crippen molar-refractivity contribution in [3.63, 3.8) is 0 Å². The second-order valence-electron chi connectivity index (χ2n) is 3.94. The normalized spacial score (nSPS) is 41.1. The second-order valence-corrected chi connectivity index (χ2v) is 3.94. The van der Waals surface area contributed by atoms with Gasteiger partial charge in [0.2, 0.25) is 0 Å². The van der Waals surface area contributed by atoms with Crippen LogP contribution in [0.25, 0.3) is 0 Å². The molecule has 1 saturated heterocycles. The Hall–Kier alpha value is -0.160. The molecule has 4 atom stereocenters. The van der Waals surface area contributed by atoms with Gasteiger partial charge in [0.05, 0.1) is 24.9 Å². The Bertz CT molecular complexity index is 160. The number of ether oxygens (including phenoxy) is 1. The van der Waals surface area contributed by atoms with Crippen molar-refractivity contribution >= 4 is 0 Å². The van der Waals surface area contributed by atoms with E-state index in [-0.39, 0.29) is 25.0 Å². The Kier molecular flexibility index (Phi) is 3.67. The van der Waals surface area contributed by atoms with Crippen LogP contribution in [0.1, 0.15) is 20.3 Å². The van der Waals surface area contributed by atoms with E-state index >= 15 is 0 Å². The van der Waals surface area contributed by atoms with E-state index in [4.69, 9.17) is 9.84 Å². The Morgan fingerprint density at radius 2 is 1.92 bits per heavy atom. The molecule has 0 spiro atoms. The number of hydrogen-bond acceptors (Lipinski definition) is 4. The minimum atomic E-state index is -0.755. The average Bonchev–Trinajstić information content (AvgIpc) is 2.03. The summed E-state index contributed by atoms with van der Waals surface area (Å²) in [5.74, 6) is 0.191. The molecule has 1 aliphatic heterocycles. The zero-order valence-corrected chi connectivity index (χ0v) is 8.05.